The molecule has 3 aromatic rings. The van der Waals surface area contributed by atoms with E-state index in [4.69, 9.17) is 4.74 Å². The van der Waals surface area contributed by atoms with Gasteiger partial charge in [0.05, 0.1) is 0 Å². The van der Waals surface area contributed by atoms with Crippen LogP contribution in [-0.2, 0) is 10.9 Å². The van der Waals surface area contributed by atoms with Crippen LogP contribution >= 0.6 is 19.3 Å². The van der Waals surface area contributed by atoms with Crippen LogP contribution < -0.4 is 10.6 Å². The Kier molecular flexibility index (Phi) is 5.90. The molecule has 0 saturated heterocycles. The molecule has 0 radical (unpaired) electrons. The second-order valence-electron chi connectivity index (χ2n) is 7.03. The summed E-state index contributed by atoms with van der Waals surface area (Å²) in [6, 6.07) is 25.2. The molecule has 2 nitrogen and oxygen atoms in total. The molecule has 0 spiro atoms. The van der Waals surface area contributed by atoms with Gasteiger partial charge in [-0.3, -0.25) is 0 Å². The number of carbonyl (C=O) groups is 1. The molecule has 1 heterocycles. The van der Waals surface area contributed by atoms with E-state index in [1.807, 2.05) is 39.0 Å². The molecule has 0 saturated carbocycles. The number of hydrogen-bond acceptors (Lipinski definition) is 3. The summed E-state index contributed by atoms with van der Waals surface area (Å²) in [5, 5.41) is 2.70. The molecular formula is C22H23O2PS. The molecule has 0 aliphatic rings. The first-order valence-electron chi connectivity index (χ1n) is 8.62. The lowest BCUT2D eigenvalue weighted by Gasteiger charge is -2.19. The predicted octanol–water partition coefficient (Wildman–Crippen LogP) is 5.34. The molecule has 1 aromatic heterocycles. The van der Waals surface area contributed by atoms with Crippen molar-refractivity contribution in [2.24, 2.45) is 0 Å². The topological polar surface area (TPSA) is 26.3 Å². The summed E-state index contributed by atoms with van der Waals surface area (Å²) < 4.78 is 5.49. The van der Waals surface area contributed by atoms with E-state index in [-0.39, 0.29) is 5.97 Å². The Morgan fingerprint density at radius 3 is 1.92 bits per heavy atom. The number of hydrogen-bond donors (Lipinski definition) is 0. The van der Waals surface area contributed by atoms with Crippen LogP contribution in [0.1, 0.15) is 35.3 Å². The zero-order chi connectivity index (χ0) is 18.6. The molecule has 0 unspecified atom stereocenters. The van der Waals surface area contributed by atoms with Gasteiger partial charge < -0.3 is 4.74 Å². The van der Waals surface area contributed by atoms with E-state index in [9.17, 15) is 4.79 Å². The van der Waals surface area contributed by atoms with Gasteiger partial charge in [-0.05, 0) is 51.4 Å². The summed E-state index contributed by atoms with van der Waals surface area (Å²) in [6.45, 7) is 5.68. The van der Waals surface area contributed by atoms with Crippen LogP contribution in [0.4, 0.5) is 0 Å². The van der Waals surface area contributed by atoms with Gasteiger partial charge in [0.15, 0.2) is 0 Å². The number of carbonyl (C=O) groups excluding carboxylic acids is 1. The fraction of sp³-hybridized carbons (Fsp3) is 0.227. The van der Waals surface area contributed by atoms with Gasteiger partial charge >= 0.3 is 5.97 Å². The van der Waals surface area contributed by atoms with Crippen LogP contribution in [0.3, 0.4) is 0 Å². The number of esters is 1. The first kappa shape index (κ1) is 18.8. The lowest BCUT2D eigenvalue weighted by molar-refractivity contribution is 0.00752. The highest BCUT2D eigenvalue weighted by atomic mass is 32.1. The summed E-state index contributed by atoms with van der Waals surface area (Å²) in [5.74, 6) is -0.238. The Labute approximate surface area is 160 Å². The molecule has 0 atom stereocenters. The second-order valence-corrected chi connectivity index (χ2v) is 10.4. The van der Waals surface area contributed by atoms with Crippen molar-refractivity contribution in [3.8, 4) is 0 Å². The van der Waals surface area contributed by atoms with E-state index < -0.39 is 13.5 Å². The molecule has 134 valence electrons. The van der Waals surface area contributed by atoms with Gasteiger partial charge in [-0.25, -0.2) is 4.79 Å². The van der Waals surface area contributed by atoms with Gasteiger partial charge in [0, 0.05) is 11.0 Å². The zero-order valence-corrected chi connectivity index (χ0v) is 17.0. The number of rotatable bonds is 5. The highest BCUT2D eigenvalue weighted by molar-refractivity contribution is 7.72. The third kappa shape index (κ3) is 5.03. The Morgan fingerprint density at radius 1 is 0.885 bits per heavy atom. The largest absolute Gasteiger partial charge is 0.456 e. The van der Waals surface area contributed by atoms with Gasteiger partial charge in [0.1, 0.15) is 10.5 Å². The predicted molar refractivity (Wildman–Crippen MR) is 112 cm³/mol. The van der Waals surface area contributed by atoms with Crippen LogP contribution in [0.2, 0.25) is 0 Å². The molecule has 0 amide bonds. The van der Waals surface area contributed by atoms with E-state index in [0.717, 1.165) is 6.16 Å². The van der Waals surface area contributed by atoms with Crippen molar-refractivity contribution >= 4 is 35.8 Å². The molecule has 0 bridgehead atoms. The fourth-order valence-electron chi connectivity index (χ4n) is 2.60. The highest BCUT2D eigenvalue weighted by Gasteiger charge is 2.21. The number of benzene rings is 2. The molecule has 0 aliphatic heterocycles. The molecule has 0 aliphatic carbocycles. The van der Waals surface area contributed by atoms with Crippen LogP contribution in [0.25, 0.3) is 0 Å². The molecule has 4 heteroatoms. The Hall–Kier alpha value is -1.96. The SMILES string of the molecule is CC(C)(C)OC(=O)c1ccc(CP(c2ccccc2)c2ccccc2)s1. The van der Waals surface area contributed by atoms with Gasteiger partial charge in [-0.15, -0.1) is 11.3 Å². The smallest absolute Gasteiger partial charge is 0.348 e. The van der Waals surface area contributed by atoms with E-state index in [1.54, 1.807) is 11.3 Å². The van der Waals surface area contributed by atoms with Crippen molar-refractivity contribution in [1.82, 2.24) is 0 Å². The molecule has 2 aromatic carbocycles. The minimum atomic E-state index is -0.502. The molecule has 26 heavy (non-hydrogen) atoms. The maximum Gasteiger partial charge on any atom is 0.348 e. The van der Waals surface area contributed by atoms with E-state index >= 15 is 0 Å². The minimum absolute atomic E-state index is 0.238. The lowest BCUT2D eigenvalue weighted by atomic mass is 10.2. The van der Waals surface area contributed by atoms with Crippen molar-refractivity contribution in [3.63, 3.8) is 0 Å². The third-order valence-electron chi connectivity index (χ3n) is 3.71. The van der Waals surface area contributed by atoms with Crippen LogP contribution in [0.5, 0.6) is 0 Å². The van der Waals surface area contributed by atoms with Crippen molar-refractivity contribution < 1.29 is 9.53 Å². The van der Waals surface area contributed by atoms with Gasteiger partial charge in [-0.2, -0.15) is 0 Å². The van der Waals surface area contributed by atoms with Gasteiger partial charge in [-0.1, -0.05) is 60.7 Å². The summed E-state index contributed by atoms with van der Waals surface area (Å²) >= 11 is 1.54. The summed E-state index contributed by atoms with van der Waals surface area (Å²) in [5.41, 5.74) is -0.470. The zero-order valence-electron chi connectivity index (χ0n) is 15.3. The lowest BCUT2D eigenvalue weighted by Crippen LogP contribution is -2.23. The highest BCUT2D eigenvalue weighted by Crippen LogP contribution is 2.39. The van der Waals surface area contributed by atoms with Crippen LogP contribution in [0.15, 0.2) is 72.8 Å². The maximum absolute atomic E-state index is 12.3. The van der Waals surface area contributed by atoms with E-state index in [2.05, 4.69) is 54.6 Å². The average molecular weight is 382 g/mol. The van der Waals surface area contributed by atoms with E-state index in [0.29, 0.717) is 4.88 Å². The molecule has 0 fully saturated rings. The molecular weight excluding hydrogens is 359 g/mol. The quantitative estimate of drug-likeness (QED) is 0.440. The van der Waals surface area contributed by atoms with Crippen molar-refractivity contribution in [1.29, 1.82) is 0 Å². The van der Waals surface area contributed by atoms with Gasteiger partial charge in [0.25, 0.3) is 0 Å². The number of ether oxygens (including phenoxy) is 1. The second kappa shape index (κ2) is 8.16. The van der Waals surface area contributed by atoms with Crippen molar-refractivity contribution in [2.75, 3.05) is 0 Å². The summed E-state index contributed by atoms with van der Waals surface area (Å²) in [6.07, 6.45) is 0.927. The monoisotopic (exact) mass is 382 g/mol. The normalized spacial score (nSPS) is 11.5. The van der Waals surface area contributed by atoms with Crippen LogP contribution in [-0.4, -0.2) is 11.6 Å². The Balaban J connectivity index is 1.83. The van der Waals surface area contributed by atoms with Crippen LogP contribution in [0, 0.1) is 0 Å². The summed E-state index contributed by atoms with van der Waals surface area (Å²) in [4.78, 5) is 14.2. The standard InChI is InChI=1S/C22H23O2PS/c1-22(2,3)24-21(23)20-15-14-19(26-20)16-25(17-10-6-4-7-11-17)18-12-8-5-9-13-18/h4-15H,16H2,1-3H3. The Bertz CT molecular complexity index is 811. The molecule has 3 rings (SSSR count). The maximum atomic E-state index is 12.3. The Morgan fingerprint density at radius 2 is 1.42 bits per heavy atom. The van der Waals surface area contributed by atoms with Crippen molar-refractivity contribution in [2.45, 2.75) is 32.5 Å². The first-order chi connectivity index (χ1) is 12.4. The first-order valence-corrected chi connectivity index (χ1v) is 11.0. The minimum Gasteiger partial charge on any atom is -0.456 e. The van der Waals surface area contributed by atoms with Gasteiger partial charge in [0.2, 0.25) is 0 Å². The average Bonchev–Trinajstić information content (AvgIpc) is 3.09. The van der Waals surface area contributed by atoms with E-state index in [1.165, 1.54) is 15.5 Å². The fourth-order valence-corrected chi connectivity index (χ4v) is 6.07. The summed E-state index contributed by atoms with van der Waals surface area (Å²) in [7, 11) is -0.502. The van der Waals surface area contributed by atoms with Crippen molar-refractivity contribution in [3.05, 3.63) is 82.6 Å². The molecule has 0 N–H and O–H groups in total. The third-order valence-corrected chi connectivity index (χ3v) is 7.49. The number of thiophene rings is 1.